The average Bonchev–Trinajstić information content (AvgIpc) is 2.95. The van der Waals surface area contributed by atoms with Gasteiger partial charge < -0.3 is 10.2 Å². The van der Waals surface area contributed by atoms with Crippen LogP contribution in [0.4, 0.5) is 4.39 Å². The van der Waals surface area contributed by atoms with Crippen molar-refractivity contribution in [2.75, 3.05) is 13.1 Å². The molecule has 1 aromatic heterocycles. The molecule has 1 N–H and O–H groups in total. The van der Waals surface area contributed by atoms with Crippen LogP contribution in [0.25, 0.3) is 10.1 Å². The third kappa shape index (κ3) is 2.07. The molecule has 0 saturated carbocycles. The normalized spacial score (nSPS) is 24.7. The minimum atomic E-state index is -0.231. The molecule has 2 aliphatic heterocycles. The van der Waals surface area contributed by atoms with E-state index >= 15 is 0 Å². The van der Waals surface area contributed by atoms with E-state index in [1.54, 1.807) is 6.07 Å². The van der Waals surface area contributed by atoms with Crippen LogP contribution in [0.15, 0.2) is 18.2 Å². The Labute approximate surface area is 133 Å². The van der Waals surface area contributed by atoms with Gasteiger partial charge in [-0.1, -0.05) is 6.07 Å². The summed E-state index contributed by atoms with van der Waals surface area (Å²) in [7, 11) is 0. The molecule has 2 aromatic rings. The highest BCUT2D eigenvalue weighted by molar-refractivity contribution is 7.21. The number of halogens is 1. The maximum absolute atomic E-state index is 14.1. The lowest BCUT2D eigenvalue weighted by Crippen LogP contribution is -2.42. The number of rotatable bonds is 1. The standard InChI is InChI=1S/C17H19FN2OS/c1-10-15-13(18)3-2-4-14(15)22-16(10)17(21)20-11-5-6-12(20)9-19-8-7-11/h2-4,11-12,19H,5-9H2,1H3. The van der Waals surface area contributed by atoms with Crippen molar-refractivity contribution in [1.29, 1.82) is 0 Å². The molecule has 5 heteroatoms. The Morgan fingerprint density at radius 2 is 2.14 bits per heavy atom. The summed E-state index contributed by atoms with van der Waals surface area (Å²) in [5.74, 6) is -0.139. The van der Waals surface area contributed by atoms with E-state index < -0.39 is 0 Å². The van der Waals surface area contributed by atoms with E-state index in [2.05, 4.69) is 10.2 Å². The first kappa shape index (κ1) is 14.2. The van der Waals surface area contributed by atoms with Crippen molar-refractivity contribution in [3.63, 3.8) is 0 Å². The van der Waals surface area contributed by atoms with Crippen molar-refractivity contribution < 1.29 is 9.18 Å². The molecule has 3 heterocycles. The fourth-order valence-electron chi connectivity index (χ4n) is 3.89. The van der Waals surface area contributed by atoms with E-state index in [1.807, 2.05) is 13.0 Å². The van der Waals surface area contributed by atoms with Crippen LogP contribution in [0, 0.1) is 12.7 Å². The van der Waals surface area contributed by atoms with Crippen LogP contribution in [0.3, 0.4) is 0 Å². The number of hydrogen-bond donors (Lipinski definition) is 1. The fraction of sp³-hybridized carbons (Fsp3) is 0.471. The molecule has 116 valence electrons. The van der Waals surface area contributed by atoms with E-state index in [4.69, 9.17) is 0 Å². The summed E-state index contributed by atoms with van der Waals surface area (Å²) in [5, 5.41) is 4.02. The van der Waals surface area contributed by atoms with Gasteiger partial charge in [0.05, 0.1) is 4.88 Å². The van der Waals surface area contributed by atoms with Gasteiger partial charge in [0.15, 0.2) is 0 Å². The second-order valence-electron chi connectivity index (χ2n) is 6.26. The summed E-state index contributed by atoms with van der Waals surface area (Å²) in [6, 6.07) is 5.69. The highest BCUT2D eigenvalue weighted by Crippen LogP contribution is 2.36. The monoisotopic (exact) mass is 318 g/mol. The first-order chi connectivity index (χ1) is 10.7. The van der Waals surface area contributed by atoms with Crippen LogP contribution < -0.4 is 5.32 Å². The molecule has 2 atom stereocenters. The third-order valence-corrected chi connectivity index (χ3v) is 6.23. The molecular formula is C17H19FN2OS. The summed E-state index contributed by atoms with van der Waals surface area (Å²) >= 11 is 1.43. The molecule has 0 aliphatic carbocycles. The lowest BCUT2D eigenvalue weighted by molar-refractivity contribution is 0.0685. The number of benzene rings is 1. The molecular weight excluding hydrogens is 299 g/mol. The largest absolute Gasteiger partial charge is 0.331 e. The molecule has 2 fully saturated rings. The number of nitrogens with one attached hydrogen (secondary N) is 1. The van der Waals surface area contributed by atoms with Crippen molar-refractivity contribution in [3.8, 4) is 0 Å². The summed E-state index contributed by atoms with van der Waals surface area (Å²) in [6.45, 7) is 3.72. The molecule has 1 aromatic carbocycles. The molecule has 0 spiro atoms. The van der Waals surface area contributed by atoms with Crippen molar-refractivity contribution >= 4 is 27.3 Å². The maximum Gasteiger partial charge on any atom is 0.264 e. The third-order valence-electron chi connectivity index (χ3n) is 4.99. The van der Waals surface area contributed by atoms with Crippen LogP contribution >= 0.6 is 11.3 Å². The van der Waals surface area contributed by atoms with Crippen LogP contribution in [0.2, 0.25) is 0 Å². The van der Waals surface area contributed by atoms with Gasteiger partial charge in [-0.3, -0.25) is 4.79 Å². The number of aryl methyl sites for hydroxylation is 1. The zero-order valence-electron chi connectivity index (χ0n) is 12.6. The van der Waals surface area contributed by atoms with Crippen molar-refractivity contribution in [1.82, 2.24) is 10.2 Å². The topological polar surface area (TPSA) is 32.3 Å². The number of fused-ring (bicyclic) bond motifs is 3. The summed E-state index contributed by atoms with van der Waals surface area (Å²) in [6.07, 6.45) is 3.18. The Morgan fingerprint density at radius 3 is 2.95 bits per heavy atom. The maximum atomic E-state index is 14.1. The van der Waals surface area contributed by atoms with Gasteiger partial charge >= 0.3 is 0 Å². The second kappa shape index (κ2) is 5.32. The molecule has 0 radical (unpaired) electrons. The average molecular weight is 318 g/mol. The number of carbonyl (C=O) groups excluding carboxylic acids is 1. The molecule has 3 nitrogen and oxygen atoms in total. The molecule has 2 bridgehead atoms. The Kier molecular flexibility index (Phi) is 3.42. The summed E-state index contributed by atoms with van der Waals surface area (Å²) in [5.41, 5.74) is 0.791. The minimum Gasteiger partial charge on any atom is -0.331 e. The number of nitrogens with zero attached hydrogens (tertiary/aromatic N) is 1. The zero-order valence-corrected chi connectivity index (χ0v) is 13.4. The van der Waals surface area contributed by atoms with Gasteiger partial charge in [0.25, 0.3) is 5.91 Å². The number of carbonyl (C=O) groups is 1. The van der Waals surface area contributed by atoms with Crippen LogP contribution in [0.1, 0.15) is 34.5 Å². The van der Waals surface area contributed by atoms with E-state index in [-0.39, 0.29) is 17.8 Å². The number of hydrogen-bond acceptors (Lipinski definition) is 3. The molecule has 4 rings (SSSR count). The van der Waals surface area contributed by atoms with E-state index in [9.17, 15) is 9.18 Å². The van der Waals surface area contributed by atoms with Gasteiger partial charge in [-0.15, -0.1) is 11.3 Å². The Morgan fingerprint density at radius 1 is 1.32 bits per heavy atom. The van der Waals surface area contributed by atoms with Gasteiger partial charge in [0.2, 0.25) is 0 Å². The van der Waals surface area contributed by atoms with Gasteiger partial charge in [-0.2, -0.15) is 0 Å². The lowest BCUT2D eigenvalue weighted by Gasteiger charge is -2.27. The second-order valence-corrected chi connectivity index (χ2v) is 7.31. The molecule has 22 heavy (non-hydrogen) atoms. The predicted octanol–water partition coefficient (Wildman–Crippen LogP) is 3.32. The molecule has 2 saturated heterocycles. The molecule has 2 unspecified atom stereocenters. The highest BCUT2D eigenvalue weighted by Gasteiger charge is 2.39. The van der Waals surface area contributed by atoms with E-state index in [0.29, 0.717) is 16.3 Å². The van der Waals surface area contributed by atoms with Crippen LogP contribution in [0.5, 0.6) is 0 Å². The Bertz CT molecular complexity index is 728. The summed E-state index contributed by atoms with van der Waals surface area (Å²) < 4.78 is 14.9. The summed E-state index contributed by atoms with van der Waals surface area (Å²) in [4.78, 5) is 15.9. The van der Waals surface area contributed by atoms with Crippen molar-refractivity contribution in [3.05, 3.63) is 34.5 Å². The molecule has 2 aliphatic rings. The van der Waals surface area contributed by atoms with Crippen LogP contribution in [-0.4, -0.2) is 36.0 Å². The Balaban J connectivity index is 1.77. The number of amides is 1. The van der Waals surface area contributed by atoms with Gasteiger partial charge in [-0.25, -0.2) is 4.39 Å². The Hall–Kier alpha value is -1.46. The highest BCUT2D eigenvalue weighted by atomic mass is 32.1. The first-order valence-electron chi connectivity index (χ1n) is 7.88. The predicted molar refractivity (Wildman–Crippen MR) is 87.0 cm³/mol. The van der Waals surface area contributed by atoms with Crippen molar-refractivity contribution in [2.45, 2.75) is 38.3 Å². The zero-order chi connectivity index (χ0) is 15.3. The van der Waals surface area contributed by atoms with Gasteiger partial charge in [0, 0.05) is 28.7 Å². The van der Waals surface area contributed by atoms with E-state index in [0.717, 1.165) is 42.6 Å². The molecule has 1 amide bonds. The first-order valence-corrected chi connectivity index (χ1v) is 8.69. The van der Waals surface area contributed by atoms with Gasteiger partial charge in [0.1, 0.15) is 5.82 Å². The van der Waals surface area contributed by atoms with Crippen molar-refractivity contribution in [2.24, 2.45) is 0 Å². The minimum absolute atomic E-state index is 0.0919. The SMILES string of the molecule is Cc1c(C(=O)N2C3CCNCC2CC3)sc2cccc(F)c12. The quantitative estimate of drug-likeness (QED) is 0.875. The lowest BCUT2D eigenvalue weighted by atomic mass is 10.1. The van der Waals surface area contributed by atoms with E-state index in [1.165, 1.54) is 17.4 Å². The number of thiophene rings is 1. The van der Waals surface area contributed by atoms with Gasteiger partial charge in [-0.05, 0) is 50.4 Å². The smallest absolute Gasteiger partial charge is 0.264 e. The fourth-order valence-corrected chi connectivity index (χ4v) is 5.06. The van der Waals surface area contributed by atoms with Crippen LogP contribution in [-0.2, 0) is 0 Å².